The van der Waals surface area contributed by atoms with Gasteiger partial charge in [0.05, 0.1) is 10.9 Å². The Labute approximate surface area is 190 Å². The molecule has 2 nitrogen and oxygen atoms in total. The highest BCUT2D eigenvalue weighted by molar-refractivity contribution is 7.97. The number of hydrogen-bond acceptors (Lipinski definition) is 2. The van der Waals surface area contributed by atoms with Crippen molar-refractivity contribution in [3.8, 4) is 0 Å². The molecular weight excluding hydrogens is 412 g/mol. The lowest BCUT2D eigenvalue weighted by atomic mass is 9.93. The lowest BCUT2D eigenvalue weighted by Crippen LogP contribution is -2.30. The number of fused-ring (bicyclic) bond motifs is 2. The summed E-state index contributed by atoms with van der Waals surface area (Å²) in [5.74, 6) is 0.132. The van der Waals surface area contributed by atoms with Crippen LogP contribution in [0.15, 0.2) is 125 Å². The van der Waals surface area contributed by atoms with E-state index in [1.165, 1.54) is 0 Å². The van der Waals surface area contributed by atoms with Gasteiger partial charge in [-0.25, -0.2) is 0 Å². The molecule has 1 atom stereocenters. The maximum atomic E-state index is 13.7. The Morgan fingerprint density at radius 2 is 1.09 bits per heavy atom. The van der Waals surface area contributed by atoms with Gasteiger partial charge in [0.2, 0.25) is 0 Å². The Morgan fingerprint density at radius 3 is 1.59 bits per heavy atom. The van der Waals surface area contributed by atoms with Crippen molar-refractivity contribution in [3.63, 3.8) is 0 Å². The zero-order valence-corrected chi connectivity index (χ0v) is 18.3. The molecule has 0 aromatic heterocycles. The van der Waals surface area contributed by atoms with Gasteiger partial charge in [-0.05, 0) is 51.9 Å². The fourth-order valence-corrected chi connectivity index (χ4v) is 6.27. The van der Waals surface area contributed by atoms with Gasteiger partial charge in [0.15, 0.2) is 27.4 Å². The van der Waals surface area contributed by atoms with Crippen LogP contribution in [0.3, 0.4) is 0 Å². The second-order valence-corrected chi connectivity index (χ2v) is 9.82. The maximum Gasteiger partial charge on any atom is 0.197 e. The number of hydrogen-bond donors (Lipinski definition) is 1. The molecule has 0 fully saturated rings. The Balaban J connectivity index is 1.58. The number of aliphatic hydroxyl groups excluding tert-OH is 1. The Bertz CT molecular complexity index is 1290. The van der Waals surface area contributed by atoms with Crippen LogP contribution in [-0.2, 0) is 10.9 Å². The minimum atomic E-state index is -1.10. The molecule has 32 heavy (non-hydrogen) atoms. The molecular formula is C29H23O2S+. The van der Waals surface area contributed by atoms with Crippen LogP contribution in [0, 0.1) is 0 Å². The van der Waals surface area contributed by atoms with E-state index in [2.05, 4.69) is 30.3 Å². The summed E-state index contributed by atoms with van der Waals surface area (Å²) < 4.78 is 0. The molecule has 0 heterocycles. The second-order valence-electron chi connectivity index (χ2n) is 7.76. The Kier molecular flexibility index (Phi) is 5.76. The molecule has 0 aliphatic carbocycles. The first-order chi connectivity index (χ1) is 15.7. The molecule has 1 N–H and O–H groups in total. The zero-order valence-electron chi connectivity index (χ0n) is 17.5. The molecule has 0 amide bonds. The zero-order chi connectivity index (χ0) is 21.9. The third-order valence-electron chi connectivity index (χ3n) is 5.70. The summed E-state index contributed by atoms with van der Waals surface area (Å²) in [6.45, 7) is 0. The van der Waals surface area contributed by atoms with E-state index in [4.69, 9.17) is 0 Å². The van der Waals surface area contributed by atoms with E-state index in [1.807, 2.05) is 84.9 Å². The Hall–Kier alpha value is -3.40. The minimum absolute atomic E-state index is 0.220. The predicted octanol–water partition coefficient (Wildman–Crippen LogP) is 6.27. The van der Waals surface area contributed by atoms with Crippen molar-refractivity contribution in [2.75, 3.05) is 5.75 Å². The highest BCUT2D eigenvalue weighted by Gasteiger charge is 2.33. The van der Waals surface area contributed by atoms with Crippen molar-refractivity contribution >= 4 is 38.2 Å². The average Bonchev–Trinajstić information content (AvgIpc) is 2.86. The first-order valence-electron chi connectivity index (χ1n) is 10.7. The van der Waals surface area contributed by atoms with Gasteiger partial charge in [0, 0.05) is 5.56 Å². The summed E-state index contributed by atoms with van der Waals surface area (Å²) in [7, 11) is -0.414. The molecule has 0 aliphatic rings. The number of carbonyl (C=O) groups excluding carboxylic acids is 1. The van der Waals surface area contributed by atoms with Crippen LogP contribution in [0.2, 0.25) is 0 Å². The van der Waals surface area contributed by atoms with Crippen LogP contribution in [-0.4, -0.2) is 22.7 Å². The number of ketones is 1. The first kappa shape index (κ1) is 20.5. The van der Waals surface area contributed by atoms with Crippen LogP contribution in [0.5, 0.6) is 0 Å². The molecule has 5 aromatic rings. The van der Waals surface area contributed by atoms with Crippen molar-refractivity contribution < 1.29 is 9.90 Å². The van der Waals surface area contributed by atoms with Gasteiger partial charge in [-0.1, -0.05) is 84.9 Å². The third kappa shape index (κ3) is 3.93. The molecule has 0 aliphatic heterocycles. The van der Waals surface area contributed by atoms with Gasteiger partial charge < -0.3 is 5.11 Å². The molecule has 0 radical (unpaired) electrons. The number of benzene rings is 5. The van der Waals surface area contributed by atoms with Gasteiger partial charge in [0.25, 0.3) is 0 Å². The second kappa shape index (κ2) is 8.99. The summed E-state index contributed by atoms with van der Waals surface area (Å²) in [5, 5.41) is 15.0. The van der Waals surface area contributed by atoms with Gasteiger partial charge in [-0.2, -0.15) is 0 Å². The van der Waals surface area contributed by atoms with E-state index in [9.17, 15) is 9.90 Å². The van der Waals surface area contributed by atoms with Crippen molar-refractivity contribution in [1.29, 1.82) is 0 Å². The van der Waals surface area contributed by atoms with E-state index < -0.39 is 17.0 Å². The van der Waals surface area contributed by atoms with Gasteiger partial charge in [-0.3, -0.25) is 4.79 Å². The van der Waals surface area contributed by atoms with Crippen LogP contribution in [0.4, 0.5) is 0 Å². The summed E-state index contributed by atoms with van der Waals surface area (Å²) in [5.41, 5.74) is 0.607. The molecule has 0 spiro atoms. The SMILES string of the molecule is O=C(c1c2ccccc2cc2ccccc12)C(O)C[S+](c1ccccc1)c1ccccc1. The predicted molar refractivity (Wildman–Crippen MR) is 133 cm³/mol. The third-order valence-corrected chi connectivity index (χ3v) is 8.03. The Morgan fingerprint density at radius 1 is 0.656 bits per heavy atom. The van der Waals surface area contributed by atoms with E-state index in [0.29, 0.717) is 11.3 Å². The van der Waals surface area contributed by atoms with Gasteiger partial charge in [0.1, 0.15) is 0 Å². The molecule has 156 valence electrons. The standard InChI is InChI=1S/C29H23O2S/c30-27(20-32(23-13-3-1-4-14-23)24-15-5-2-6-16-24)29(31)28-25-17-9-7-11-21(25)19-22-12-8-10-18-26(22)28/h1-19,27,30H,20H2/q+1. The lowest BCUT2D eigenvalue weighted by molar-refractivity contribution is 0.0789. The normalized spacial score (nSPS) is 12.3. The number of rotatable bonds is 6. The van der Waals surface area contributed by atoms with Crippen molar-refractivity contribution in [1.82, 2.24) is 0 Å². The summed E-state index contributed by atoms with van der Waals surface area (Å²) in [6, 6.07) is 38.2. The lowest BCUT2D eigenvalue weighted by Gasteiger charge is -2.15. The summed E-state index contributed by atoms with van der Waals surface area (Å²) in [6.07, 6.45) is -1.10. The largest absolute Gasteiger partial charge is 0.380 e. The van der Waals surface area contributed by atoms with Crippen LogP contribution >= 0.6 is 0 Å². The van der Waals surface area contributed by atoms with Crippen molar-refractivity contribution in [2.24, 2.45) is 0 Å². The average molecular weight is 436 g/mol. The molecule has 3 heteroatoms. The first-order valence-corrected chi connectivity index (χ1v) is 12.1. The monoisotopic (exact) mass is 435 g/mol. The van der Waals surface area contributed by atoms with Crippen LogP contribution in [0.1, 0.15) is 10.4 Å². The fourth-order valence-electron chi connectivity index (χ4n) is 4.18. The van der Waals surface area contributed by atoms with E-state index >= 15 is 0 Å². The molecule has 5 rings (SSSR count). The number of aliphatic hydroxyl groups is 1. The number of Topliss-reactive ketones (excluding diaryl/α,β-unsaturated/α-hetero) is 1. The quantitative estimate of drug-likeness (QED) is 0.194. The summed E-state index contributed by atoms with van der Waals surface area (Å²) in [4.78, 5) is 16.0. The molecule has 5 aromatic carbocycles. The van der Waals surface area contributed by atoms with Crippen LogP contribution < -0.4 is 0 Å². The van der Waals surface area contributed by atoms with E-state index in [-0.39, 0.29) is 5.78 Å². The number of carbonyl (C=O) groups is 1. The fraction of sp³-hybridized carbons (Fsp3) is 0.0690. The van der Waals surface area contributed by atoms with Crippen LogP contribution in [0.25, 0.3) is 21.5 Å². The minimum Gasteiger partial charge on any atom is -0.380 e. The topological polar surface area (TPSA) is 37.3 Å². The molecule has 0 saturated heterocycles. The van der Waals surface area contributed by atoms with Gasteiger partial charge in [-0.15, -0.1) is 0 Å². The molecule has 0 saturated carbocycles. The van der Waals surface area contributed by atoms with E-state index in [1.54, 1.807) is 0 Å². The maximum absolute atomic E-state index is 13.7. The molecule has 1 unspecified atom stereocenters. The van der Waals surface area contributed by atoms with E-state index in [0.717, 1.165) is 31.3 Å². The highest BCUT2D eigenvalue weighted by Crippen LogP contribution is 2.31. The molecule has 0 bridgehead atoms. The van der Waals surface area contributed by atoms with Crippen molar-refractivity contribution in [3.05, 3.63) is 121 Å². The summed E-state index contributed by atoms with van der Waals surface area (Å²) >= 11 is 0. The smallest absolute Gasteiger partial charge is 0.197 e. The van der Waals surface area contributed by atoms with Crippen molar-refractivity contribution in [2.45, 2.75) is 15.9 Å². The van der Waals surface area contributed by atoms with Gasteiger partial charge >= 0.3 is 0 Å². The highest BCUT2D eigenvalue weighted by atomic mass is 32.2.